The van der Waals surface area contributed by atoms with Gasteiger partial charge in [0.1, 0.15) is 0 Å². The Morgan fingerprint density at radius 1 is 1.21 bits per heavy atom. The summed E-state index contributed by atoms with van der Waals surface area (Å²) in [6.07, 6.45) is 8.35. The first kappa shape index (κ1) is 18.2. The summed E-state index contributed by atoms with van der Waals surface area (Å²) in [7, 11) is -2.10. The molecule has 19 heavy (non-hydrogen) atoms. The molecule has 0 bridgehead atoms. The molecule has 114 valence electrons. The lowest BCUT2D eigenvalue weighted by molar-refractivity contribution is 0.264. The van der Waals surface area contributed by atoms with Gasteiger partial charge in [-0.15, -0.1) is 0 Å². The van der Waals surface area contributed by atoms with Crippen LogP contribution in [-0.4, -0.2) is 49.6 Å². The monoisotopic (exact) mass is 294 g/mol. The lowest BCUT2D eigenvalue weighted by atomic mass is 10.3. The van der Waals surface area contributed by atoms with Crippen LogP contribution < -0.4 is 0 Å². The molecule has 0 spiro atoms. The van der Waals surface area contributed by atoms with Gasteiger partial charge in [0, 0.05) is 26.0 Å². The molecule has 6 nitrogen and oxygen atoms in total. The fourth-order valence-electron chi connectivity index (χ4n) is 1.40. The van der Waals surface area contributed by atoms with Crippen molar-refractivity contribution in [3.05, 3.63) is 12.4 Å². The fraction of sp³-hybridized carbons (Fsp3) is 0.833. The third-order valence-corrected chi connectivity index (χ3v) is 2.93. The summed E-state index contributed by atoms with van der Waals surface area (Å²) in [6, 6.07) is 0. The summed E-state index contributed by atoms with van der Waals surface area (Å²) in [4.78, 5) is 4.53. The first-order chi connectivity index (χ1) is 8.89. The predicted octanol–water partition coefficient (Wildman–Crippen LogP) is 2.07. The molecule has 0 aromatic heterocycles. The summed E-state index contributed by atoms with van der Waals surface area (Å²) in [5.41, 5.74) is 0. The largest absolute Gasteiger partial charge is 0.397 e. The van der Waals surface area contributed by atoms with E-state index in [9.17, 15) is 8.42 Å². The summed E-state index contributed by atoms with van der Waals surface area (Å²) in [6.45, 7) is 6.46. The molecule has 0 unspecified atom stereocenters. The van der Waals surface area contributed by atoms with Crippen LogP contribution in [0.3, 0.4) is 0 Å². The van der Waals surface area contributed by atoms with E-state index in [1.807, 2.05) is 6.92 Å². The molecule has 0 radical (unpaired) electrons. The Kier molecular flexibility index (Phi) is 9.63. The summed E-state index contributed by atoms with van der Waals surface area (Å²) >= 11 is 0. The van der Waals surface area contributed by atoms with Gasteiger partial charge in [0.2, 0.25) is 0 Å². The third kappa shape index (κ3) is 12.0. The highest BCUT2D eigenvalue weighted by Crippen LogP contribution is 2.04. The molecule has 0 amide bonds. The highest BCUT2D eigenvalue weighted by molar-refractivity contribution is 7.80. The molecule has 1 rings (SSSR count). The molecule has 0 aliphatic carbocycles. The standard InChI is InChI=1S/C8H16N2.C4H10O4S/c1-3-4-5-10-7-6-9(2)8-10;1-2-3-4-8-9(5,6)7/h6-7H,3-5,8H2,1-2H3;2-4H2,1H3,(H,5,6,7). The number of hydrogen-bond donors (Lipinski definition) is 1. The van der Waals surface area contributed by atoms with E-state index < -0.39 is 10.4 Å². The van der Waals surface area contributed by atoms with Gasteiger partial charge in [-0.1, -0.05) is 26.7 Å². The fourth-order valence-corrected chi connectivity index (χ4v) is 1.73. The average Bonchev–Trinajstić information content (AvgIpc) is 2.72. The van der Waals surface area contributed by atoms with Crippen LogP contribution >= 0.6 is 0 Å². The predicted molar refractivity (Wildman–Crippen MR) is 75.8 cm³/mol. The van der Waals surface area contributed by atoms with E-state index in [0.29, 0.717) is 6.42 Å². The van der Waals surface area contributed by atoms with Gasteiger partial charge in [-0.05, 0) is 12.8 Å². The average molecular weight is 294 g/mol. The van der Waals surface area contributed by atoms with Crippen molar-refractivity contribution < 1.29 is 17.2 Å². The number of nitrogens with zero attached hydrogens (tertiary/aromatic N) is 2. The van der Waals surface area contributed by atoms with E-state index in [1.54, 1.807) is 0 Å². The van der Waals surface area contributed by atoms with Crippen molar-refractivity contribution in [2.75, 3.05) is 26.9 Å². The minimum absolute atomic E-state index is 0.0648. The molecule has 0 aromatic rings. The highest BCUT2D eigenvalue weighted by Gasteiger charge is 2.05. The summed E-state index contributed by atoms with van der Waals surface area (Å²) < 4.78 is 31.7. The first-order valence-electron chi connectivity index (χ1n) is 6.63. The van der Waals surface area contributed by atoms with E-state index in [1.165, 1.54) is 19.4 Å². The SMILES string of the molecule is CCCCN1C=CN(C)C1.CCCCOS(=O)(=O)O. The van der Waals surface area contributed by atoms with Gasteiger partial charge in [-0.3, -0.25) is 4.55 Å². The van der Waals surface area contributed by atoms with E-state index in [0.717, 1.165) is 13.1 Å². The van der Waals surface area contributed by atoms with Crippen LogP contribution in [0, 0.1) is 0 Å². The highest BCUT2D eigenvalue weighted by atomic mass is 32.3. The number of rotatable bonds is 7. The van der Waals surface area contributed by atoms with Crippen LogP contribution in [-0.2, 0) is 14.6 Å². The zero-order chi connectivity index (χ0) is 14.7. The quantitative estimate of drug-likeness (QED) is 0.572. The van der Waals surface area contributed by atoms with Crippen molar-refractivity contribution in [3.63, 3.8) is 0 Å². The Hall–Kier alpha value is -0.790. The van der Waals surface area contributed by atoms with Crippen molar-refractivity contribution in [1.29, 1.82) is 0 Å². The van der Waals surface area contributed by atoms with Crippen molar-refractivity contribution >= 4 is 10.4 Å². The van der Waals surface area contributed by atoms with Gasteiger partial charge in [0.05, 0.1) is 13.3 Å². The molecule has 1 N–H and O–H groups in total. The summed E-state index contributed by atoms with van der Waals surface area (Å²) in [5, 5.41) is 0. The summed E-state index contributed by atoms with van der Waals surface area (Å²) in [5.74, 6) is 0. The van der Waals surface area contributed by atoms with Crippen molar-refractivity contribution in [2.24, 2.45) is 0 Å². The van der Waals surface area contributed by atoms with Gasteiger partial charge < -0.3 is 9.80 Å². The Balaban J connectivity index is 0.000000344. The molecule has 0 aromatic carbocycles. The second kappa shape index (κ2) is 10.1. The van der Waals surface area contributed by atoms with E-state index in [2.05, 4.69) is 40.4 Å². The molecule has 1 aliphatic rings. The molecular formula is C12H26N2O4S. The normalized spacial score (nSPS) is 14.5. The van der Waals surface area contributed by atoms with Gasteiger partial charge in [0.25, 0.3) is 0 Å². The van der Waals surface area contributed by atoms with Crippen molar-refractivity contribution in [3.8, 4) is 0 Å². The Morgan fingerprint density at radius 2 is 1.84 bits per heavy atom. The topological polar surface area (TPSA) is 70.1 Å². The molecular weight excluding hydrogens is 268 g/mol. The molecule has 0 saturated heterocycles. The van der Waals surface area contributed by atoms with Gasteiger partial charge in [0.15, 0.2) is 0 Å². The second-order valence-electron chi connectivity index (χ2n) is 4.47. The Morgan fingerprint density at radius 3 is 2.26 bits per heavy atom. The molecule has 0 fully saturated rings. The lowest BCUT2D eigenvalue weighted by Crippen LogP contribution is -2.23. The van der Waals surface area contributed by atoms with Crippen LogP contribution in [0.4, 0.5) is 0 Å². The molecule has 0 saturated carbocycles. The van der Waals surface area contributed by atoms with Gasteiger partial charge in [-0.2, -0.15) is 8.42 Å². The Labute approximate surface area is 117 Å². The van der Waals surface area contributed by atoms with Crippen molar-refractivity contribution in [2.45, 2.75) is 39.5 Å². The van der Waals surface area contributed by atoms with Crippen LogP contribution in [0.25, 0.3) is 0 Å². The van der Waals surface area contributed by atoms with Crippen LogP contribution in [0.1, 0.15) is 39.5 Å². The maximum atomic E-state index is 9.84. The molecule has 0 atom stereocenters. The minimum Gasteiger partial charge on any atom is -0.362 e. The molecule has 7 heteroatoms. The zero-order valence-corrected chi connectivity index (χ0v) is 12.9. The maximum absolute atomic E-state index is 9.84. The van der Waals surface area contributed by atoms with Crippen LogP contribution in [0.2, 0.25) is 0 Å². The second-order valence-corrected chi connectivity index (χ2v) is 5.56. The van der Waals surface area contributed by atoms with E-state index in [-0.39, 0.29) is 6.61 Å². The number of unbranched alkanes of at least 4 members (excludes halogenated alkanes) is 2. The molecule has 1 heterocycles. The van der Waals surface area contributed by atoms with Crippen LogP contribution in [0.5, 0.6) is 0 Å². The van der Waals surface area contributed by atoms with E-state index in [4.69, 9.17) is 4.55 Å². The zero-order valence-electron chi connectivity index (χ0n) is 12.1. The molecule has 1 aliphatic heterocycles. The Bertz CT molecular complexity index is 344. The van der Waals surface area contributed by atoms with Gasteiger partial charge in [-0.25, -0.2) is 4.18 Å². The third-order valence-electron chi connectivity index (χ3n) is 2.47. The van der Waals surface area contributed by atoms with Gasteiger partial charge >= 0.3 is 10.4 Å². The number of hydrogen-bond acceptors (Lipinski definition) is 5. The lowest BCUT2D eigenvalue weighted by Gasteiger charge is -2.17. The van der Waals surface area contributed by atoms with Crippen molar-refractivity contribution in [1.82, 2.24) is 9.80 Å². The first-order valence-corrected chi connectivity index (χ1v) is 8.00. The van der Waals surface area contributed by atoms with E-state index >= 15 is 0 Å². The maximum Gasteiger partial charge on any atom is 0.397 e. The minimum atomic E-state index is -4.20. The van der Waals surface area contributed by atoms with Crippen LogP contribution in [0.15, 0.2) is 12.4 Å². The smallest absolute Gasteiger partial charge is 0.362 e.